The van der Waals surface area contributed by atoms with Gasteiger partial charge in [-0.2, -0.15) is 5.10 Å². The molecule has 6 heteroatoms. The summed E-state index contributed by atoms with van der Waals surface area (Å²) < 4.78 is 9.51. The molecule has 0 fully saturated rings. The third kappa shape index (κ3) is 2.35. The number of imidazole rings is 1. The Hall–Kier alpha value is -1.75. The lowest BCUT2D eigenvalue weighted by atomic mass is 10.2. The topological polar surface area (TPSA) is 48.8 Å². The summed E-state index contributed by atoms with van der Waals surface area (Å²) in [7, 11) is 1.94. The van der Waals surface area contributed by atoms with E-state index in [-0.39, 0.29) is 11.4 Å². The van der Waals surface area contributed by atoms with Crippen LogP contribution in [-0.4, -0.2) is 19.3 Å². The minimum absolute atomic E-state index is 0.157. The summed E-state index contributed by atoms with van der Waals surface area (Å²) in [6.45, 7) is 6.07. The summed E-state index contributed by atoms with van der Waals surface area (Å²) in [5.74, 6) is 1.83. The average molecular weight is 307 g/mol. The number of fused-ring (bicyclic) bond motifs is 1. The fourth-order valence-corrected chi connectivity index (χ4v) is 2.99. The molecule has 3 aromatic rings. The number of hydrogen-bond donors (Lipinski definition) is 0. The van der Waals surface area contributed by atoms with Gasteiger partial charge in [-0.25, -0.2) is 4.98 Å². The molecule has 0 N–H and O–H groups in total. The summed E-state index contributed by atoms with van der Waals surface area (Å²) >= 11 is 6.33. The highest BCUT2D eigenvalue weighted by Gasteiger charge is 2.23. The Labute approximate surface area is 128 Å². The highest BCUT2D eigenvalue weighted by molar-refractivity contribution is 6.20. The Morgan fingerprint density at radius 3 is 2.76 bits per heavy atom. The maximum atomic E-state index is 6.33. The van der Waals surface area contributed by atoms with Gasteiger partial charge in [0.25, 0.3) is 0 Å². The minimum Gasteiger partial charge on any atom is -0.469 e. The zero-order valence-corrected chi connectivity index (χ0v) is 13.4. The van der Waals surface area contributed by atoms with Crippen molar-refractivity contribution in [2.24, 2.45) is 7.05 Å². The number of rotatable bonds is 4. The van der Waals surface area contributed by atoms with E-state index in [1.807, 2.05) is 37.7 Å². The first-order valence-electron chi connectivity index (χ1n) is 7.07. The van der Waals surface area contributed by atoms with Crippen molar-refractivity contribution >= 4 is 22.8 Å². The van der Waals surface area contributed by atoms with Gasteiger partial charge in [0, 0.05) is 19.5 Å². The van der Waals surface area contributed by atoms with Crippen molar-refractivity contribution in [3.05, 3.63) is 35.7 Å². The van der Waals surface area contributed by atoms with Crippen molar-refractivity contribution < 1.29 is 4.42 Å². The molecule has 2 atom stereocenters. The third-order valence-corrected chi connectivity index (χ3v) is 3.93. The normalized spacial score (nSPS) is 14.7. The zero-order valence-electron chi connectivity index (χ0n) is 12.7. The van der Waals surface area contributed by atoms with Crippen molar-refractivity contribution in [1.82, 2.24) is 19.3 Å². The maximum absolute atomic E-state index is 6.33. The van der Waals surface area contributed by atoms with Crippen molar-refractivity contribution in [2.75, 3.05) is 0 Å². The second-order valence-corrected chi connectivity index (χ2v) is 6.12. The smallest absolute Gasteiger partial charge is 0.158 e. The number of alkyl halides is 1. The molecular formula is C15H19ClN4O. The van der Waals surface area contributed by atoms with Crippen LogP contribution in [-0.2, 0) is 13.5 Å². The van der Waals surface area contributed by atoms with E-state index in [9.17, 15) is 0 Å². The van der Waals surface area contributed by atoms with Crippen LogP contribution in [0.3, 0.4) is 0 Å². The number of aromatic nitrogens is 4. The molecule has 3 aromatic heterocycles. The van der Waals surface area contributed by atoms with Crippen molar-refractivity contribution in [2.45, 2.75) is 38.6 Å². The molecular weight excluding hydrogens is 288 g/mol. The standard InChI is InChI=1S/C15H19ClN4O/c1-9(8-12-6-5-7-21-12)20-14(10(2)16)17-13-11(3)18-19(4)15(13)20/h5-7,9-10H,8H2,1-4H3. The third-order valence-electron chi connectivity index (χ3n) is 3.74. The molecule has 3 heterocycles. The molecule has 0 aliphatic heterocycles. The van der Waals surface area contributed by atoms with Gasteiger partial charge < -0.3 is 8.98 Å². The van der Waals surface area contributed by atoms with Gasteiger partial charge in [-0.05, 0) is 32.9 Å². The molecule has 2 unspecified atom stereocenters. The predicted octanol–water partition coefficient (Wildman–Crippen LogP) is 3.77. The average Bonchev–Trinajstić information content (AvgIpc) is 3.08. The number of nitrogens with zero attached hydrogens (tertiary/aromatic N) is 4. The lowest BCUT2D eigenvalue weighted by molar-refractivity contribution is 0.443. The molecule has 21 heavy (non-hydrogen) atoms. The largest absolute Gasteiger partial charge is 0.469 e. The van der Waals surface area contributed by atoms with E-state index in [2.05, 4.69) is 16.6 Å². The van der Waals surface area contributed by atoms with E-state index in [1.54, 1.807) is 6.26 Å². The number of furan rings is 1. The molecule has 0 spiro atoms. The van der Waals surface area contributed by atoms with Gasteiger partial charge in [0.1, 0.15) is 17.1 Å². The fraction of sp³-hybridized carbons (Fsp3) is 0.467. The SMILES string of the molecule is Cc1nn(C)c2c1nc(C(C)Cl)n2C(C)Cc1ccco1. The van der Waals surface area contributed by atoms with Crippen molar-refractivity contribution in [1.29, 1.82) is 0 Å². The Bertz CT molecular complexity index is 754. The molecule has 0 bridgehead atoms. The zero-order chi connectivity index (χ0) is 15.1. The Kier molecular flexibility index (Phi) is 3.53. The van der Waals surface area contributed by atoms with Gasteiger partial charge in [-0.15, -0.1) is 11.6 Å². The van der Waals surface area contributed by atoms with Crippen LogP contribution in [0.4, 0.5) is 0 Å². The van der Waals surface area contributed by atoms with E-state index in [0.717, 1.165) is 34.9 Å². The van der Waals surface area contributed by atoms with E-state index in [1.165, 1.54) is 0 Å². The maximum Gasteiger partial charge on any atom is 0.158 e. The van der Waals surface area contributed by atoms with Crippen LogP contribution in [0.1, 0.15) is 42.5 Å². The number of hydrogen-bond acceptors (Lipinski definition) is 3. The number of aryl methyl sites for hydroxylation is 2. The molecule has 3 rings (SSSR count). The Morgan fingerprint density at radius 2 is 2.14 bits per heavy atom. The van der Waals surface area contributed by atoms with Gasteiger partial charge in [0.15, 0.2) is 5.65 Å². The van der Waals surface area contributed by atoms with Crippen LogP contribution in [0.5, 0.6) is 0 Å². The van der Waals surface area contributed by atoms with Gasteiger partial charge in [0.05, 0.1) is 17.3 Å². The van der Waals surface area contributed by atoms with Crippen molar-refractivity contribution in [3.63, 3.8) is 0 Å². The van der Waals surface area contributed by atoms with E-state index in [4.69, 9.17) is 21.0 Å². The van der Waals surface area contributed by atoms with E-state index >= 15 is 0 Å². The second kappa shape index (κ2) is 5.22. The van der Waals surface area contributed by atoms with Gasteiger partial charge in [0.2, 0.25) is 0 Å². The van der Waals surface area contributed by atoms with Crippen LogP contribution in [0.15, 0.2) is 22.8 Å². The second-order valence-electron chi connectivity index (χ2n) is 5.47. The van der Waals surface area contributed by atoms with E-state index < -0.39 is 0 Å². The minimum atomic E-state index is -0.157. The molecule has 5 nitrogen and oxygen atoms in total. The lowest BCUT2D eigenvalue weighted by Crippen LogP contribution is -2.14. The van der Waals surface area contributed by atoms with Crippen molar-refractivity contribution in [3.8, 4) is 0 Å². The Morgan fingerprint density at radius 1 is 1.38 bits per heavy atom. The number of halogens is 1. The van der Waals surface area contributed by atoms with Gasteiger partial charge >= 0.3 is 0 Å². The Balaban J connectivity index is 2.12. The molecule has 0 amide bonds. The first-order valence-corrected chi connectivity index (χ1v) is 7.50. The van der Waals surface area contributed by atoms with Crippen LogP contribution in [0.25, 0.3) is 11.2 Å². The molecule has 0 radical (unpaired) electrons. The van der Waals surface area contributed by atoms with Crippen LogP contribution < -0.4 is 0 Å². The molecule has 112 valence electrons. The quantitative estimate of drug-likeness (QED) is 0.689. The summed E-state index contributed by atoms with van der Waals surface area (Å²) in [5.41, 5.74) is 2.86. The van der Waals surface area contributed by atoms with Gasteiger partial charge in [-0.1, -0.05) is 0 Å². The summed E-state index contributed by atoms with van der Waals surface area (Å²) in [6.07, 6.45) is 2.49. The van der Waals surface area contributed by atoms with Crippen LogP contribution >= 0.6 is 11.6 Å². The molecule has 0 saturated heterocycles. The van der Waals surface area contributed by atoms with E-state index in [0.29, 0.717) is 0 Å². The fourth-order valence-electron chi connectivity index (χ4n) is 2.84. The molecule has 0 saturated carbocycles. The first kappa shape index (κ1) is 14.2. The summed E-state index contributed by atoms with van der Waals surface area (Å²) in [4.78, 5) is 4.70. The first-order chi connectivity index (χ1) is 9.99. The molecule has 0 aliphatic rings. The highest BCUT2D eigenvalue weighted by Crippen LogP contribution is 2.30. The van der Waals surface area contributed by atoms with Gasteiger partial charge in [-0.3, -0.25) is 4.68 Å². The summed E-state index contributed by atoms with van der Waals surface area (Å²) in [6, 6.07) is 4.08. The monoisotopic (exact) mass is 306 g/mol. The summed E-state index contributed by atoms with van der Waals surface area (Å²) in [5, 5.41) is 4.30. The van der Waals surface area contributed by atoms with Crippen LogP contribution in [0, 0.1) is 6.92 Å². The van der Waals surface area contributed by atoms with Crippen LogP contribution in [0.2, 0.25) is 0 Å². The highest BCUT2D eigenvalue weighted by atomic mass is 35.5. The molecule has 0 aromatic carbocycles. The predicted molar refractivity (Wildman–Crippen MR) is 82.6 cm³/mol. The molecule has 0 aliphatic carbocycles. The lowest BCUT2D eigenvalue weighted by Gasteiger charge is -2.17.